The Bertz CT molecular complexity index is 898. The van der Waals surface area contributed by atoms with E-state index in [0.29, 0.717) is 24.7 Å². The highest BCUT2D eigenvalue weighted by atomic mass is 19.4. The molecule has 0 spiro atoms. The number of aromatic nitrogens is 4. The average molecular weight is 391 g/mol. The Morgan fingerprint density at radius 3 is 2.50 bits per heavy atom. The molecule has 1 aliphatic heterocycles. The predicted molar refractivity (Wildman–Crippen MR) is 94.3 cm³/mol. The number of benzene rings is 1. The van der Waals surface area contributed by atoms with Gasteiger partial charge in [-0.2, -0.15) is 23.3 Å². The molecule has 6 nitrogen and oxygen atoms in total. The van der Waals surface area contributed by atoms with Crippen molar-refractivity contribution in [3.05, 3.63) is 65.6 Å². The van der Waals surface area contributed by atoms with Crippen molar-refractivity contribution in [1.82, 2.24) is 24.8 Å². The summed E-state index contributed by atoms with van der Waals surface area (Å²) in [6, 6.07) is 10.9. The number of hydrogen-bond acceptors (Lipinski definition) is 5. The minimum atomic E-state index is -4.40. The maximum Gasteiger partial charge on any atom is 0.435 e. The number of likely N-dealkylation sites (tertiary alicyclic amines) is 1. The van der Waals surface area contributed by atoms with E-state index < -0.39 is 11.9 Å². The van der Waals surface area contributed by atoms with Gasteiger partial charge >= 0.3 is 6.18 Å². The second-order valence-electron chi connectivity index (χ2n) is 6.95. The second-order valence-corrected chi connectivity index (χ2v) is 6.95. The minimum Gasteiger partial charge on any atom is -0.338 e. The lowest BCUT2D eigenvalue weighted by Crippen LogP contribution is -2.34. The molecule has 1 aromatic carbocycles. The number of rotatable bonds is 5. The molecule has 0 N–H and O–H groups in total. The zero-order valence-electron chi connectivity index (χ0n) is 15.1. The summed E-state index contributed by atoms with van der Waals surface area (Å²) < 4.78 is 44.9. The van der Waals surface area contributed by atoms with Crippen LogP contribution in [0.3, 0.4) is 0 Å². The number of alkyl halides is 3. The molecule has 0 amide bonds. The van der Waals surface area contributed by atoms with Crippen molar-refractivity contribution < 1.29 is 17.7 Å². The zero-order valence-corrected chi connectivity index (χ0v) is 15.1. The van der Waals surface area contributed by atoms with Crippen LogP contribution in [-0.2, 0) is 19.1 Å². The Labute approximate surface area is 160 Å². The van der Waals surface area contributed by atoms with Gasteiger partial charge in [-0.15, -0.1) is 0 Å². The average Bonchev–Trinajstić information content (AvgIpc) is 3.33. The fraction of sp³-hybridized carbons (Fsp3) is 0.421. The molecule has 9 heteroatoms. The summed E-state index contributed by atoms with van der Waals surface area (Å²) in [5.41, 5.74) is 0.278. The lowest BCUT2D eigenvalue weighted by atomic mass is 10.1. The quantitative estimate of drug-likeness (QED) is 0.664. The fourth-order valence-corrected chi connectivity index (χ4v) is 3.43. The standard InChI is InChI=1S/C19H20F3N5O/c20-19(21,22)16-8-11-27(24-16)15-6-9-26(10-7-15)13-18-23-17(25-28-18)12-14-4-2-1-3-5-14/h1-5,8,11,15H,6-7,9-10,12-13H2. The van der Waals surface area contributed by atoms with E-state index in [2.05, 4.69) is 20.1 Å². The lowest BCUT2D eigenvalue weighted by molar-refractivity contribution is -0.141. The van der Waals surface area contributed by atoms with Crippen molar-refractivity contribution in [2.45, 2.75) is 38.0 Å². The molecule has 1 saturated heterocycles. The normalized spacial score (nSPS) is 16.5. The molecule has 3 heterocycles. The predicted octanol–water partition coefficient (Wildman–Crippen LogP) is 3.71. The Hall–Kier alpha value is -2.68. The molecule has 0 atom stereocenters. The topological polar surface area (TPSA) is 60.0 Å². The highest BCUT2D eigenvalue weighted by Crippen LogP contribution is 2.29. The summed E-state index contributed by atoms with van der Waals surface area (Å²) in [5.74, 6) is 1.20. The Morgan fingerprint density at radius 2 is 1.82 bits per heavy atom. The second kappa shape index (κ2) is 7.75. The molecule has 28 heavy (non-hydrogen) atoms. The first-order chi connectivity index (χ1) is 13.5. The summed E-state index contributed by atoms with van der Waals surface area (Å²) in [7, 11) is 0. The van der Waals surface area contributed by atoms with Crippen LogP contribution in [0.4, 0.5) is 13.2 Å². The van der Waals surface area contributed by atoms with Crippen LogP contribution in [0.25, 0.3) is 0 Å². The van der Waals surface area contributed by atoms with Crippen molar-refractivity contribution in [3.8, 4) is 0 Å². The lowest BCUT2D eigenvalue weighted by Gasteiger charge is -2.31. The first-order valence-electron chi connectivity index (χ1n) is 9.17. The third-order valence-corrected chi connectivity index (χ3v) is 4.90. The van der Waals surface area contributed by atoms with Crippen molar-refractivity contribution in [3.63, 3.8) is 0 Å². The Balaban J connectivity index is 1.29. The van der Waals surface area contributed by atoms with E-state index in [1.807, 2.05) is 30.3 Å². The highest BCUT2D eigenvalue weighted by Gasteiger charge is 2.34. The van der Waals surface area contributed by atoms with Gasteiger partial charge in [0, 0.05) is 25.7 Å². The van der Waals surface area contributed by atoms with Gasteiger partial charge in [0.25, 0.3) is 0 Å². The van der Waals surface area contributed by atoms with Gasteiger partial charge in [0.2, 0.25) is 5.89 Å². The van der Waals surface area contributed by atoms with Crippen LogP contribution in [0, 0.1) is 0 Å². The summed E-state index contributed by atoms with van der Waals surface area (Å²) in [5, 5.41) is 7.72. The molecule has 4 rings (SSSR count). The molecule has 2 aromatic heterocycles. The van der Waals surface area contributed by atoms with Crippen LogP contribution in [0.1, 0.15) is 41.9 Å². The van der Waals surface area contributed by atoms with Gasteiger partial charge in [0.15, 0.2) is 11.5 Å². The van der Waals surface area contributed by atoms with Crippen molar-refractivity contribution in [1.29, 1.82) is 0 Å². The molecule has 0 unspecified atom stereocenters. The van der Waals surface area contributed by atoms with Gasteiger partial charge in [-0.1, -0.05) is 35.5 Å². The van der Waals surface area contributed by atoms with Crippen molar-refractivity contribution in [2.75, 3.05) is 13.1 Å². The first-order valence-corrected chi connectivity index (χ1v) is 9.17. The van der Waals surface area contributed by atoms with E-state index in [-0.39, 0.29) is 6.04 Å². The molecule has 3 aromatic rings. The summed E-state index contributed by atoms with van der Waals surface area (Å²) >= 11 is 0. The number of halogens is 3. The zero-order chi connectivity index (χ0) is 19.6. The monoisotopic (exact) mass is 391 g/mol. The number of hydrogen-bond donors (Lipinski definition) is 0. The summed E-state index contributed by atoms with van der Waals surface area (Å²) in [4.78, 5) is 6.62. The maximum atomic E-state index is 12.7. The van der Waals surface area contributed by atoms with Crippen molar-refractivity contribution >= 4 is 0 Å². The van der Waals surface area contributed by atoms with E-state index in [0.717, 1.165) is 37.6 Å². The van der Waals surface area contributed by atoms with Gasteiger partial charge < -0.3 is 4.52 Å². The Kier molecular flexibility index (Phi) is 5.17. The maximum absolute atomic E-state index is 12.7. The van der Waals surface area contributed by atoms with Gasteiger partial charge in [-0.3, -0.25) is 9.58 Å². The van der Waals surface area contributed by atoms with E-state index in [1.165, 1.54) is 10.9 Å². The highest BCUT2D eigenvalue weighted by molar-refractivity contribution is 5.18. The molecule has 0 bridgehead atoms. The fourth-order valence-electron chi connectivity index (χ4n) is 3.43. The SMILES string of the molecule is FC(F)(F)c1ccn(C2CCN(Cc3nc(Cc4ccccc4)no3)CC2)n1. The molecule has 0 aliphatic carbocycles. The number of piperidine rings is 1. The van der Waals surface area contributed by atoms with Gasteiger partial charge in [-0.25, -0.2) is 0 Å². The first kappa shape index (κ1) is 18.7. The molecular weight excluding hydrogens is 371 g/mol. The Morgan fingerprint density at radius 1 is 1.07 bits per heavy atom. The third kappa shape index (κ3) is 4.41. The molecule has 1 aliphatic rings. The van der Waals surface area contributed by atoms with Gasteiger partial charge in [-0.05, 0) is 24.5 Å². The van der Waals surface area contributed by atoms with Crippen LogP contribution in [-0.4, -0.2) is 37.9 Å². The van der Waals surface area contributed by atoms with E-state index in [1.54, 1.807) is 0 Å². The van der Waals surface area contributed by atoms with Crippen molar-refractivity contribution in [2.24, 2.45) is 0 Å². The van der Waals surface area contributed by atoms with Crippen LogP contribution >= 0.6 is 0 Å². The largest absolute Gasteiger partial charge is 0.435 e. The van der Waals surface area contributed by atoms with Gasteiger partial charge in [0.05, 0.1) is 12.6 Å². The molecule has 0 radical (unpaired) electrons. The van der Waals surface area contributed by atoms with Crippen LogP contribution in [0.5, 0.6) is 0 Å². The summed E-state index contributed by atoms with van der Waals surface area (Å²) in [6.45, 7) is 2.02. The van der Waals surface area contributed by atoms with Gasteiger partial charge in [0.1, 0.15) is 0 Å². The third-order valence-electron chi connectivity index (χ3n) is 4.90. The molecule has 148 valence electrons. The van der Waals surface area contributed by atoms with E-state index >= 15 is 0 Å². The molecule has 0 saturated carbocycles. The molecular formula is C19H20F3N5O. The van der Waals surface area contributed by atoms with E-state index in [9.17, 15) is 13.2 Å². The van der Waals surface area contributed by atoms with Crippen LogP contribution < -0.4 is 0 Å². The minimum absolute atomic E-state index is 0.0244. The smallest absolute Gasteiger partial charge is 0.338 e. The van der Waals surface area contributed by atoms with E-state index in [4.69, 9.17) is 4.52 Å². The van der Waals surface area contributed by atoms with Crippen LogP contribution in [0.2, 0.25) is 0 Å². The van der Waals surface area contributed by atoms with Crippen LogP contribution in [0.15, 0.2) is 47.1 Å². The summed E-state index contributed by atoms with van der Waals surface area (Å²) in [6.07, 6.45) is -0.917. The molecule has 1 fully saturated rings. The number of nitrogens with zero attached hydrogens (tertiary/aromatic N) is 5.